The second-order valence-electron chi connectivity index (χ2n) is 5.95. The van der Waals surface area contributed by atoms with Crippen LogP contribution in [-0.4, -0.2) is 34.4 Å². The number of aromatic nitrogens is 2. The number of oxime groups is 1. The standard InChI is InChI=1S/C17H16FN5O5/c1-8-6-9(2-3-10(8)18)7-11(21-26)13-17(23-28-22-13)27-5-4-20-14-12(19)15(24)16(14)25/h2-3,6,20,26H,4-5,7,19H2,1H3. The summed E-state index contributed by atoms with van der Waals surface area (Å²) >= 11 is 0. The molecule has 0 spiro atoms. The zero-order valence-electron chi connectivity index (χ0n) is 14.7. The first kappa shape index (κ1) is 19.0. The van der Waals surface area contributed by atoms with E-state index >= 15 is 0 Å². The van der Waals surface area contributed by atoms with Crippen LogP contribution in [-0.2, 0) is 6.42 Å². The summed E-state index contributed by atoms with van der Waals surface area (Å²) in [6, 6.07) is 4.49. The summed E-state index contributed by atoms with van der Waals surface area (Å²) in [6.45, 7) is 1.81. The molecule has 0 saturated carbocycles. The predicted molar refractivity (Wildman–Crippen MR) is 97.2 cm³/mol. The van der Waals surface area contributed by atoms with E-state index in [-0.39, 0.29) is 54.1 Å². The van der Waals surface area contributed by atoms with Crippen LogP contribution >= 0.6 is 0 Å². The van der Waals surface area contributed by atoms with Crippen LogP contribution in [0, 0.1) is 12.7 Å². The second-order valence-corrected chi connectivity index (χ2v) is 5.95. The third kappa shape index (κ3) is 3.68. The zero-order chi connectivity index (χ0) is 20.3. The molecule has 11 heteroatoms. The highest BCUT2D eigenvalue weighted by Crippen LogP contribution is 2.18. The molecule has 0 radical (unpaired) electrons. The molecule has 4 N–H and O–H groups in total. The number of anilines is 2. The van der Waals surface area contributed by atoms with Crippen LogP contribution in [0.1, 0.15) is 16.8 Å². The number of ether oxygens (including phenoxy) is 1. The van der Waals surface area contributed by atoms with E-state index in [4.69, 9.17) is 10.5 Å². The molecule has 2 aromatic carbocycles. The summed E-state index contributed by atoms with van der Waals surface area (Å²) in [5, 5.41) is 22.5. The molecule has 28 heavy (non-hydrogen) atoms. The van der Waals surface area contributed by atoms with Gasteiger partial charge in [0.25, 0.3) is 16.7 Å². The minimum atomic E-state index is -0.716. The number of rotatable bonds is 8. The van der Waals surface area contributed by atoms with Crippen LogP contribution in [0.3, 0.4) is 0 Å². The van der Waals surface area contributed by atoms with E-state index in [0.29, 0.717) is 11.1 Å². The maximum Gasteiger partial charge on any atom is 0.285 e. The second kappa shape index (κ2) is 7.86. The fourth-order valence-electron chi connectivity index (χ4n) is 2.54. The summed E-state index contributed by atoms with van der Waals surface area (Å²) in [6.07, 6.45) is 0.139. The first-order chi connectivity index (χ1) is 13.4. The van der Waals surface area contributed by atoms with Gasteiger partial charge in [-0.3, -0.25) is 9.59 Å². The number of nitrogens with two attached hydrogens (primary N) is 1. The fraction of sp³-hybridized carbons (Fsp3) is 0.235. The molecule has 3 rings (SSSR count). The van der Waals surface area contributed by atoms with Crippen LogP contribution in [0.5, 0.6) is 5.88 Å². The Morgan fingerprint density at radius 3 is 2.82 bits per heavy atom. The van der Waals surface area contributed by atoms with Crippen LogP contribution in [0.4, 0.5) is 15.8 Å². The van der Waals surface area contributed by atoms with E-state index in [9.17, 15) is 19.2 Å². The van der Waals surface area contributed by atoms with Crippen molar-refractivity contribution >= 4 is 17.1 Å². The molecule has 146 valence electrons. The molecule has 0 fully saturated rings. The molecular formula is C17H16FN5O5. The van der Waals surface area contributed by atoms with Gasteiger partial charge in [-0.1, -0.05) is 17.3 Å². The molecule has 1 heterocycles. The van der Waals surface area contributed by atoms with Crippen molar-refractivity contribution in [3.8, 4) is 5.88 Å². The summed E-state index contributed by atoms with van der Waals surface area (Å²) in [5.41, 5.74) is 5.30. The van der Waals surface area contributed by atoms with E-state index in [0.717, 1.165) is 0 Å². The molecule has 0 bridgehead atoms. The molecule has 10 nitrogen and oxygen atoms in total. The number of nitrogens with zero attached hydrogens (tertiary/aromatic N) is 3. The molecular weight excluding hydrogens is 373 g/mol. The van der Waals surface area contributed by atoms with Crippen LogP contribution in [0.25, 0.3) is 0 Å². The average Bonchev–Trinajstić information content (AvgIpc) is 3.16. The maximum absolute atomic E-state index is 13.4. The lowest BCUT2D eigenvalue weighted by Crippen LogP contribution is -2.37. The summed E-state index contributed by atoms with van der Waals surface area (Å²) in [4.78, 5) is 22.3. The van der Waals surface area contributed by atoms with Gasteiger partial charge in [0.05, 0.1) is 0 Å². The molecule has 0 aliphatic rings. The third-order valence-corrected chi connectivity index (χ3v) is 4.04. The summed E-state index contributed by atoms with van der Waals surface area (Å²) in [5.74, 6) is -0.361. The quantitative estimate of drug-likeness (QED) is 0.165. The highest BCUT2D eigenvalue weighted by Gasteiger charge is 2.20. The topological polar surface area (TPSA) is 153 Å². The van der Waals surface area contributed by atoms with Crippen molar-refractivity contribution in [3.05, 3.63) is 61.3 Å². The van der Waals surface area contributed by atoms with Crippen molar-refractivity contribution in [2.45, 2.75) is 13.3 Å². The molecule has 0 aliphatic carbocycles. The molecule has 1 aromatic heterocycles. The van der Waals surface area contributed by atoms with Gasteiger partial charge in [0, 0.05) is 13.0 Å². The lowest BCUT2D eigenvalue weighted by molar-refractivity contribution is 0.261. The van der Waals surface area contributed by atoms with Gasteiger partial charge in [-0.25, -0.2) is 9.02 Å². The maximum atomic E-state index is 13.4. The highest BCUT2D eigenvalue weighted by molar-refractivity contribution is 6.01. The largest absolute Gasteiger partial charge is 0.472 e. The number of hydrogen-bond acceptors (Lipinski definition) is 10. The Labute approximate surface area is 157 Å². The normalized spacial score (nSPS) is 11.7. The Morgan fingerprint density at radius 1 is 1.36 bits per heavy atom. The van der Waals surface area contributed by atoms with E-state index in [2.05, 4.69) is 25.4 Å². The van der Waals surface area contributed by atoms with Crippen molar-refractivity contribution < 1.29 is 19.0 Å². The molecule has 3 aromatic rings. The lowest BCUT2D eigenvalue weighted by atomic mass is 10.0. The third-order valence-electron chi connectivity index (χ3n) is 4.04. The zero-order valence-corrected chi connectivity index (χ0v) is 14.7. The van der Waals surface area contributed by atoms with Gasteiger partial charge >= 0.3 is 0 Å². The van der Waals surface area contributed by atoms with E-state index in [1.165, 1.54) is 6.07 Å². The smallest absolute Gasteiger partial charge is 0.285 e. The molecule has 0 aliphatic heterocycles. The van der Waals surface area contributed by atoms with Crippen LogP contribution in [0.15, 0.2) is 37.6 Å². The van der Waals surface area contributed by atoms with Gasteiger partial charge in [-0.2, -0.15) is 0 Å². The van der Waals surface area contributed by atoms with Crippen molar-refractivity contribution in [1.82, 2.24) is 10.3 Å². The number of aryl methyl sites for hydroxylation is 1. The van der Waals surface area contributed by atoms with Crippen molar-refractivity contribution in [2.24, 2.45) is 5.16 Å². The average molecular weight is 389 g/mol. The SMILES string of the molecule is Cc1cc(CC(=NO)c2nonc2OCCNc2c(N)c(=O)c2=O)ccc1F. The molecule has 0 amide bonds. The Morgan fingerprint density at radius 2 is 2.14 bits per heavy atom. The predicted octanol–water partition coefficient (Wildman–Crippen LogP) is 0.607. The number of halogens is 1. The first-order valence-corrected chi connectivity index (χ1v) is 8.16. The monoisotopic (exact) mass is 389 g/mol. The van der Waals surface area contributed by atoms with Crippen LogP contribution < -0.4 is 26.6 Å². The Balaban J connectivity index is 1.62. The van der Waals surface area contributed by atoms with Crippen molar-refractivity contribution in [1.29, 1.82) is 0 Å². The number of nitrogen functional groups attached to an aromatic ring is 1. The lowest BCUT2D eigenvalue weighted by Gasteiger charge is -2.10. The number of nitrogens with one attached hydrogen (secondary N) is 1. The first-order valence-electron chi connectivity index (χ1n) is 8.16. The summed E-state index contributed by atoms with van der Waals surface area (Å²) < 4.78 is 23.4. The van der Waals surface area contributed by atoms with Gasteiger partial charge in [0.15, 0.2) is 5.69 Å². The van der Waals surface area contributed by atoms with Crippen LogP contribution in [0.2, 0.25) is 0 Å². The van der Waals surface area contributed by atoms with E-state index in [1.54, 1.807) is 19.1 Å². The minimum absolute atomic E-state index is 0.0219. The van der Waals surface area contributed by atoms with Gasteiger partial charge < -0.3 is 21.0 Å². The fourth-order valence-corrected chi connectivity index (χ4v) is 2.54. The highest BCUT2D eigenvalue weighted by atomic mass is 19.1. The number of benzene rings is 1. The molecule has 0 unspecified atom stereocenters. The Hall–Kier alpha value is -3.76. The van der Waals surface area contributed by atoms with Gasteiger partial charge in [-0.15, -0.1) is 0 Å². The van der Waals surface area contributed by atoms with E-state index < -0.39 is 10.9 Å². The molecule has 0 atom stereocenters. The Bertz CT molecular complexity index is 1100. The Kier molecular flexibility index (Phi) is 5.34. The van der Waals surface area contributed by atoms with Crippen molar-refractivity contribution in [3.63, 3.8) is 0 Å². The van der Waals surface area contributed by atoms with Gasteiger partial charge in [0.2, 0.25) is 0 Å². The summed E-state index contributed by atoms with van der Waals surface area (Å²) in [7, 11) is 0. The van der Waals surface area contributed by atoms with Gasteiger partial charge in [0.1, 0.15) is 29.5 Å². The minimum Gasteiger partial charge on any atom is -0.472 e. The van der Waals surface area contributed by atoms with E-state index in [1.807, 2.05) is 0 Å². The number of hydrogen-bond donors (Lipinski definition) is 3. The molecule has 0 saturated heterocycles. The van der Waals surface area contributed by atoms with Gasteiger partial charge in [-0.05, 0) is 34.4 Å². The van der Waals surface area contributed by atoms with Crippen molar-refractivity contribution in [2.75, 3.05) is 24.2 Å².